The van der Waals surface area contributed by atoms with E-state index in [-0.39, 0.29) is 34.6 Å². The number of carbonyl (C=O) groups excluding carboxylic acids is 2. The monoisotopic (exact) mass is 673 g/mol. The maximum absolute atomic E-state index is 13.8. The lowest BCUT2D eigenvalue weighted by Gasteiger charge is -2.28. The zero-order valence-electron chi connectivity index (χ0n) is 27.2. The number of aromatic nitrogens is 2. The number of nitrogens with two attached hydrogens (primary N) is 1. The number of morpholine rings is 1. The molecule has 0 unspecified atom stereocenters. The van der Waals surface area contributed by atoms with Crippen LogP contribution in [0.3, 0.4) is 0 Å². The van der Waals surface area contributed by atoms with E-state index in [0.29, 0.717) is 61.9 Å². The number of hydrogen-bond donors (Lipinski definition) is 4. The van der Waals surface area contributed by atoms with E-state index < -0.39 is 15.9 Å². The van der Waals surface area contributed by atoms with Gasteiger partial charge in [-0.25, -0.2) is 13.2 Å². The summed E-state index contributed by atoms with van der Waals surface area (Å²) in [7, 11) is -3.69. The molecule has 2 aliphatic rings. The van der Waals surface area contributed by atoms with Crippen molar-refractivity contribution in [1.29, 1.82) is 0 Å². The lowest BCUT2D eigenvalue weighted by Crippen LogP contribution is -2.40. The van der Waals surface area contributed by atoms with Gasteiger partial charge in [0.2, 0.25) is 15.9 Å². The van der Waals surface area contributed by atoms with Crippen molar-refractivity contribution < 1.29 is 22.7 Å². The summed E-state index contributed by atoms with van der Waals surface area (Å²) in [5.41, 5.74) is 10.7. The summed E-state index contributed by atoms with van der Waals surface area (Å²) in [6.45, 7) is 3.93. The standard InChI is InChI=1S/C36H43N5O6S/c1-23-5-11-30(48(45,46)41-13-15-47-16-14-41)21-31(23)27-4-2-3-25(17-27)18-28(19-34(42)26-8-6-24(22-37)7-9-26)35(43)38-29-10-12-32-33(20-29)40-36(44)39-32/h2-5,10-12,17,20-21,24,26,28H,6-9,13-16,18-19,22,37H2,1H3,(H,38,43)(H2,39,40,44)/t24?,26?,28-/m1/s1. The van der Waals surface area contributed by atoms with E-state index in [4.69, 9.17) is 10.5 Å². The van der Waals surface area contributed by atoms with Crippen LogP contribution in [0.4, 0.5) is 5.69 Å². The Morgan fingerprint density at radius 3 is 2.48 bits per heavy atom. The van der Waals surface area contributed by atoms with E-state index in [9.17, 15) is 22.8 Å². The lowest BCUT2D eigenvalue weighted by molar-refractivity contribution is -0.129. The van der Waals surface area contributed by atoms with Crippen LogP contribution in [0, 0.1) is 24.7 Å². The van der Waals surface area contributed by atoms with Gasteiger partial charge in [0.25, 0.3) is 0 Å². The summed E-state index contributed by atoms with van der Waals surface area (Å²) in [5, 5.41) is 2.97. The average Bonchev–Trinajstić information content (AvgIpc) is 3.47. The van der Waals surface area contributed by atoms with Crippen molar-refractivity contribution in [2.75, 3.05) is 38.2 Å². The number of ketones is 1. The molecule has 2 heterocycles. The Morgan fingerprint density at radius 2 is 1.73 bits per heavy atom. The minimum Gasteiger partial charge on any atom is -0.379 e. The van der Waals surface area contributed by atoms with Crippen LogP contribution in [0.25, 0.3) is 22.2 Å². The fraction of sp³-hybridized carbons (Fsp3) is 0.417. The second-order valence-corrected chi connectivity index (χ2v) is 15.0. The minimum atomic E-state index is -3.69. The van der Waals surface area contributed by atoms with E-state index in [1.807, 2.05) is 37.3 Å². The predicted molar refractivity (Wildman–Crippen MR) is 185 cm³/mol. The Balaban J connectivity index is 1.25. The number of rotatable bonds is 11. The Hall–Kier alpha value is -4.10. The Bertz CT molecular complexity index is 1950. The molecular formula is C36H43N5O6S. The van der Waals surface area contributed by atoms with Gasteiger partial charge >= 0.3 is 5.69 Å². The minimum absolute atomic E-state index is 0.0871. The van der Waals surface area contributed by atoms with Gasteiger partial charge in [0, 0.05) is 37.0 Å². The summed E-state index contributed by atoms with van der Waals surface area (Å²) in [5.74, 6) is -0.485. The van der Waals surface area contributed by atoms with Crippen LogP contribution >= 0.6 is 0 Å². The number of amides is 1. The molecule has 1 amide bonds. The smallest absolute Gasteiger partial charge is 0.323 e. The molecule has 3 aromatic carbocycles. The van der Waals surface area contributed by atoms with Gasteiger partial charge in [-0.3, -0.25) is 9.59 Å². The summed E-state index contributed by atoms with van der Waals surface area (Å²) in [4.78, 5) is 44.8. The maximum Gasteiger partial charge on any atom is 0.323 e. The van der Waals surface area contributed by atoms with E-state index >= 15 is 0 Å². The molecule has 6 rings (SSSR count). The molecule has 0 bridgehead atoms. The number of ether oxygens (including phenoxy) is 1. The normalized spacial score (nSPS) is 19.6. The van der Waals surface area contributed by atoms with Crippen LogP contribution in [-0.2, 0) is 30.8 Å². The number of aryl methyl sites for hydroxylation is 1. The molecule has 1 saturated heterocycles. The topological polar surface area (TPSA) is 167 Å². The van der Waals surface area contributed by atoms with E-state index in [0.717, 1.165) is 47.9 Å². The van der Waals surface area contributed by atoms with Crippen molar-refractivity contribution in [2.45, 2.75) is 50.3 Å². The number of nitrogens with one attached hydrogen (secondary N) is 3. The number of Topliss-reactive ketones (excluding diaryl/α,β-unsaturated/α-hetero) is 1. The van der Waals surface area contributed by atoms with Gasteiger partial charge in [0.05, 0.1) is 29.1 Å². The summed E-state index contributed by atoms with van der Waals surface area (Å²) >= 11 is 0. The fourth-order valence-corrected chi connectivity index (χ4v) is 8.34. The van der Waals surface area contributed by atoms with Crippen molar-refractivity contribution in [1.82, 2.24) is 14.3 Å². The predicted octanol–water partition coefficient (Wildman–Crippen LogP) is 4.37. The first-order chi connectivity index (χ1) is 23.1. The van der Waals surface area contributed by atoms with E-state index in [1.165, 1.54) is 4.31 Å². The molecule has 11 nitrogen and oxygen atoms in total. The number of aromatic amines is 2. The average molecular weight is 674 g/mol. The highest BCUT2D eigenvalue weighted by Gasteiger charge is 2.31. The largest absolute Gasteiger partial charge is 0.379 e. The molecule has 1 aliphatic heterocycles. The molecule has 1 aromatic heterocycles. The first-order valence-electron chi connectivity index (χ1n) is 16.6. The van der Waals surface area contributed by atoms with Crippen LogP contribution in [0.2, 0.25) is 0 Å². The highest BCUT2D eigenvalue weighted by molar-refractivity contribution is 7.89. The number of hydrogen-bond acceptors (Lipinski definition) is 7. The molecule has 254 valence electrons. The SMILES string of the molecule is Cc1ccc(S(=O)(=O)N2CCOCC2)cc1-c1cccc(C[C@H](CC(=O)C2CCC(CN)CC2)C(=O)Nc2ccc3[nH]c(=O)[nH]c3c2)c1. The van der Waals surface area contributed by atoms with Crippen molar-refractivity contribution in [2.24, 2.45) is 23.5 Å². The number of sulfonamides is 1. The van der Waals surface area contributed by atoms with Gasteiger partial charge in [-0.1, -0.05) is 30.3 Å². The number of H-pyrrole nitrogens is 2. The molecule has 0 spiro atoms. The molecule has 12 heteroatoms. The van der Waals surface area contributed by atoms with E-state index in [2.05, 4.69) is 15.3 Å². The van der Waals surface area contributed by atoms with Crippen molar-refractivity contribution in [3.63, 3.8) is 0 Å². The molecule has 5 N–H and O–H groups in total. The van der Waals surface area contributed by atoms with Crippen LogP contribution in [0.15, 0.2) is 70.4 Å². The molecular weight excluding hydrogens is 630 g/mol. The second-order valence-electron chi connectivity index (χ2n) is 13.0. The van der Waals surface area contributed by atoms with Gasteiger partial charge < -0.3 is 25.8 Å². The van der Waals surface area contributed by atoms with E-state index in [1.54, 1.807) is 30.3 Å². The van der Waals surface area contributed by atoms with Gasteiger partial charge in [0.1, 0.15) is 5.78 Å². The first kappa shape index (κ1) is 33.8. The fourth-order valence-electron chi connectivity index (χ4n) is 6.90. The number of benzene rings is 3. The molecule has 48 heavy (non-hydrogen) atoms. The molecule has 0 radical (unpaired) electrons. The van der Waals surface area contributed by atoms with Gasteiger partial charge in [-0.2, -0.15) is 4.31 Å². The maximum atomic E-state index is 13.8. The lowest BCUT2D eigenvalue weighted by atomic mass is 9.77. The number of imidazole rings is 1. The van der Waals surface area contributed by atoms with Crippen molar-refractivity contribution >= 4 is 38.4 Å². The summed E-state index contributed by atoms with van der Waals surface area (Å²) in [6.07, 6.45) is 3.82. The highest BCUT2D eigenvalue weighted by atomic mass is 32.2. The number of anilines is 1. The summed E-state index contributed by atoms with van der Waals surface area (Å²) in [6, 6.07) is 18.0. The second kappa shape index (κ2) is 14.6. The van der Waals surface area contributed by atoms with Crippen LogP contribution in [-0.4, -0.2) is 67.2 Å². The quantitative estimate of drug-likeness (QED) is 0.183. The molecule has 4 aromatic rings. The molecule has 2 fully saturated rings. The third-order valence-electron chi connectivity index (χ3n) is 9.77. The van der Waals surface area contributed by atoms with Crippen LogP contribution in [0.1, 0.15) is 43.2 Å². The van der Waals surface area contributed by atoms with Crippen LogP contribution in [0.5, 0.6) is 0 Å². The van der Waals surface area contributed by atoms with Gasteiger partial charge in [-0.05, 0) is 104 Å². The highest BCUT2D eigenvalue weighted by Crippen LogP contribution is 2.32. The third kappa shape index (κ3) is 7.62. The number of fused-ring (bicyclic) bond motifs is 1. The van der Waals surface area contributed by atoms with Gasteiger partial charge in [-0.15, -0.1) is 0 Å². The molecule has 1 atom stereocenters. The first-order valence-corrected chi connectivity index (χ1v) is 18.1. The van der Waals surface area contributed by atoms with Gasteiger partial charge in [0.15, 0.2) is 0 Å². The van der Waals surface area contributed by atoms with Crippen LogP contribution < -0.4 is 16.7 Å². The molecule has 1 aliphatic carbocycles. The Morgan fingerprint density at radius 1 is 0.979 bits per heavy atom. The number of carbonyl (C=O) groups is 2. The zero-order valence-corrected chi connectivity index (χ0v) is 28.0. The number of nitrogens with zero attached hydrogens (tertiary/aromatic N) is 1. The Labute approximate surface area is 280 Å². The molecule has 1 saturated carbocycles. The van der Waals surface area contributed by atoms with Crippen molar-refractivity contribution in [3.05, 3.63) is 82.3 Å². The third-order valence-corrected chi connectivity index (χ3v) is 11.7. The summed E-state index contributed by atoms with van der Waals surface area (Å²) < 4.78 is 33.7. The Kier molecular flexibility index (Phi) is 10.3. The van der Waals surface area contributed by atoms with Crippen molar-refractivity contribution in [3.8, 4) is 11.1 Å². The zero-order chi connectivity index (χ0) is 33.8.